The Labute approximate surface area is 146 Å². The molecule has 0 amide bonds. The molecule has 0 atom stereocenters. The molecule has 0 spiro atoms. The van der Waals surface area contributed by atoms with Crippen molar-refractivity contribution in [1.29, 1.82) is 0 Å². The third-order valence-corrected chi connectivity index (χ3v) is 4.40. The van der Waals surface area contributed by atoms with Crippen molar-refractivity contribution in [3.05, 3.63) is 42.3 Å². The quantitative estimate of drug-likeness (QED) is 0.663. The average Bonchev–Trinajstić information content (AvgIpc) is 2.64. The molecule has 132 valence electrons. The van der Waals surface area contributed by atoms with E-state index in [0.29, 0.717) is 12.4 Å². The molecule has 1 N–H and O–H groups in total. The van der Waals surface area contributed by atoms with Crippen molar-refractivity contribution >= 4 is 12.6 Å². The molecule has 1 heterocycles. The van der Waals surface area contributed by atoms with E-state index in [2.05, 4.69) is 51.7 Å². The average molecular weight is 331 g/mol. The molecule has 1 aliphatic rings. The Hall–Kier alpha value is -1.46. The molecule has 1 saturated heterocycles. The van der Waals surface area contributed by atoms with Crippen molar-refractivity contribution in [2.45, 2.75) is 71.8 Å². The Morgan fingerprint density at radius 3 is 2.29 bits per heavy atom. The Morgan fingerprint density at radius 1 is 1.17 bits per heavy atom. The number of hydrogen-bond acceptors (Lipinski definition) is 4. The van der Waals surface area contributed by atoms with Gasteiger partial charge in [0.05, 0.1) is 11.2 Å². The molecule has 0 unspecified atom stereocenters. The largest absolute Gasteiger partial charge is 0.494 e. The van der Waals surface area contributed by atoms with Crippen LogP contribution in [0.1, 0.15) is 54.0 Å². The molecule has 1 aromatic carbocycles. The maximum atomic E-state index is 6.11. The predicted molar refractivity (Wildman–Crippen MR) is 99.0 cm³/mol. The highest BCUT2D eigenvalue weighted by Gasteiger charge is 2.51. The standard InChI is InChI=1S/C19H30BNO3/c1-14(22-17(2,3)4)21-13-15-10-9-11-16(12-15)20-23-18(5,6)19(7,8)24-20/h9-12,21H,1,13H2,2-8H3. The van der Waals surface area contributed by atoms with Gasteiger partial charge < -0.3 is 19.4 Å². The van der Waals surface area contributed by atoms with Crippen molar-refractivity contribution < 1.29 is 14.0 Å². The first-order valence-electron chi connectivity index (χ1n) is 8.46. The molecule has 0 aromatic heterocycles. The fourth-order valence-electron chi connectivity index (χ4n) is 2.44. The minimum atomic E-state index is -0.344. The van der Waals surface area contributed by atoms with Gasteiger partial charge >= 0.3 is 7.12 Å². The first-order chi connectivity index (χ1) is 10.9. The van der Waals surface area contributed by atoms with Crippen LogP contribution in [0.5, 0.6) is 0 Å². The molecule has 1 aliphatic heterocycles. The molecule has 1 fully saturated rings. The van der Waals surface area contributed by atoms with Crippen LogP contribution in [-0.4, -0.2) is 23.9 Å². The van der Waals surface area contributed by atoms with Gasteiger partial charge in [-0.2, -0.15) is 0 Å². The molecule has 2 rings (SSSR count). The second-order valence-corrected chi connectivity index (χ2v) is 8.32. The molecule has 0 radical (unpaired) electrons. The van der Waals surface area contributed by atoms with Gasteiger partial charge in [-0.15, -0.1) is 0 Å². The summed E-state index contributed by atoms with van der Waals surface area (Å²) in [5.74, 6) is 0.573. The van der Waals surface area contributed by atoms with E-state index in [0.717, 1.165) is 11.0 Å². The summed E-state index contributed by atoms with van der Waals surface area (Å²) < 4.78 is 17.9. The monoisotopic (exact) mass is 331 g/mol. The zero-order valence-electron chi connectivity index (χ0n) is 16.0. The molecular weight excluding hydrogens is 301 g/mol. The zero-order chi connectivity index (χ0) is 18.2. The number of nitrogens with one attached hydrogen (secondary N) is 1. The van der Waals surface area contributed by atoms with Gasteiger partial charge in [0.1, 0.15) is 5.60 Å². The van der Waals surface area contributed by atoms with Crippen LogP contribution in [0.4, 0.5) is 0 Å². The van der Waals surface area contributed by atoms with Crippen LogP contribution < -0.4 is 10.8 Å². The second kappa shape index (κ2) is 6.45. The van der Waals surface area contributed by atoms with Gasteiger partial charge in [-0.3, -0.25) is 0 Å². The molecule has 5 heteroatoms. The van der Waals surface area contributed by atoms with Gasteiger partial charge in [-0.1, -0.05) is 24.3 Å². The highest BCUT2D eigenvalue weighted by Crippen LogP contribution is 2.36. The summed E-state index contributed by atoms with van der Waals surface area (Å²) >= 11 is 0. The molecular formula is C19H30BNO3. The predicted octanol–water partition coefficient (Wildman–Crippen LogP) is 3.36. The van der Waals surface area contributed by atoms with Gasteiger partial charge in [0.25, 0.3) is 0 Å². The highest BCUT2D eigenvalue weighted by atomic mass is 16.7. The van der Waals surface area contributed by atoms with Crippen molar-refractivity contribution in [1.82, 2.24) is 5.32 Å². The van der Waals surface area contributed by atoms with Crippen LogP contribution in [-0.2, 0) is 20.6 Å². The van der Waals surface area contributed by atoms with Crippen molar-refractivity contribution in [2.75, 3.05) is 0 Å². The Balaban J connectivity index is 2.01. The summed E-state index contributed by atoms with van der Waals surface area (Å²) in [6, 6.07) is 8.21. The molecule has 24 heavy (non-hydrogen) atoms. The highest BCUT2D eigenvalue weighted by molar-refractivity contribution is 6.62. The van der Waals surface area contributed by atoms with E-state index in [4.69, 9.17) is 14.0 Å². The van der Waals surface area contributed by atoms with Crippen LogP contribution in [0, 0.1) is 0 Å². The Morgan fingerprint density at radius 2 is 1.75 bits per heavy atom. The van der Waals surface area contributed by atoms with Crippen LogP contribution in [0.3, 0.4) is 0 Å². The maximum absolute atomic E-state index is 6.11. The maximum Gasteiger partial charge on any atom is 0.494 e. The number of benzene rings is 1. The van der Waals surface area contributed by atoms with E-state index in [9.17, 15) is 0 Å². The Bertz CT molecular complexity index is 589. The lowest BCUT2D eigenvalue weighted by molar-refractivity contribution is 0.00578. The molecule has 0 saturated carbocycles. The van der Waals surface area contributed by atoms with Gasteiger partial charge in [-0.05, 0) is 66.1 Å². The summed E-state index contributed by atoms with van der Waals surface area (Å²) in [6.07, 6.45) is 0. The smallest absolute Gasteiger partial charge is 0.474 e. The van der Waals surface area contributed by atoms with Gasteiger partial charge in [0.15, 0.2) is 5.88 Å². The Kier molecular flexibility index (Phi) is 5.07. The lowest BCUT2D eigenvalue weighted by Crippen LogP contribution is -2.41. The summed E-state index contributed by atoms with van der Waals surface area (Å²) in [4.78, 5) is 0. The third kappa shape index (κ3) is 4.55. The number of ether oxygens (including phenoxy) is 1. The molecule has 0 bridgehead atoms. The summed E-state index contributed by atoms with van der Waals surface area (Å²) in [7, 11) is -0.344. The van der Waals surface area contributed by atoms with Crippen LogP contribution in [0.25, 0.3) is 0 Å². The van der Waals surface area contributed by atoms with E-state index in [1.165, 1.54) is 0 Å². The van der Waals surface area contributed by atoms with Gasteiger partial charge in [0.2, 0.25) is 0 Å². The van der Waals surface area contributed by atoms with Crippen molar-refractivity contribution in [3.63, 3.8) is 0 Å². The fourth-order valence-corrected chi connectivity index (χ4v) is 2.44. The summed E-state index contributed by atoms with van der Waals surface area (Å²) in [5.41, 5.74) is 1.23. The summed E-state index contributed by atoms with van der Waals surface area (Å²) in [5, 5.41) is 3.21. The minimum Gasteiger partial charge on any atom is -0.474 e. The van der Waals surface area contributed by atoms with Gasteiger partial charge in [0, 0.05) is 6.54 Å². The van der Waals surface area contributed by atoms with E-state index < -0.39 is 0 Å². The minimum absolute atomic E-state index is 0.255. The first kappa shape index (κ1) is 18.9. The van der Waals surface area contributed by atoms with Gasteiger partial charge in [-0.25, -0.2) is 0 Å². The summed E-state index contributed by atoms with van der Waals surface area (Å²) in [6.45, 7) is 18.8. The van der Waals surface area contributed by atoms with E-state index in [1.807, 2.05) is 32.9 Å². The van der Waals surface area contributed by atoms with E-state index >= 15 is 0 Å². The lowest BCUT2D eigenvalue weighted by Gasteiger charge is -2.32. The van der Waals surface area contributed by atoms with Crippen LogP contribution in [0.15, 0.2) is 36.7 Å². The van der Waals surface area contributed by atoms with Crippen molar-refractivity contribution in [2.24, 2.45) is 0 Å². The molecule has 4 nitrogen and oxygen atoms in total. The van der Waals surface area contributed by atoms with Crippen molar-refractivity contribution in [3.8, 4) is 0 Å². The second-order valence-electron chi connectivity index (χ2n) is 8.32. The van der Waals surface area contributed by atoms with Crippen LogP contribution in [0.2, 0.25) is 0 Å². The topological polar surface area (TPSA) is 39.7 Å². The first-order valence-corrected chi connectivity index (χ1v) is 8.46. The normalized spacial score (nSPS) is 19.2. The number of rotatable bonds is 5. The van der Waals surface area contributed by atoms with E-state index in [1.54, 1.807) is 0 Å². The SMILES string of the molecule is C=C(NCc1cccc(B2OC(C)(C)C(C)(C)O2)c1)OC(C)(C)C. The van der Waals surface area contributed by atoms with E-state index in [-0.39, 0.29) is 23.9 Å². The third-order valence-electron chi connectivity index (χ3n) is 4.40. The fraction of sp³-hybridized carbons (Fsp3) is 0.579. The molecule has 0 aliphatic carbocycles. The number of hydrogen-bond donors (Lipinski definition) is 1. The molecule has 1 aromatic rings. The zero-order valence-corrected chi connectivity index (χ0v) is 16.0. The van der Waals surface area contributed by atoms with Crippen LogP contribution >= 0.6 is 0 Å². The lowest BCUT2D eigenvalue weighted by atomic mass is 9.78.